The Labute approximate surface area is 97.1 Å². The van der Waals surface area contributed by atoms with Crippen molar-refractivity contribution in [3.63, 3.8) is 0 Å². The number of hydrogen-bond donors (Lipinski definition) is 1. The van der Waals surface area contributed by atoms with Crippen LogP contribution in [0, 0.1) is 0 Å². The molecule has 2 rings (SSSR count). The minimum absolute atomic E-state index is 0.393. The third-order valence-corrected chi connectivity index (χ3v) is 3.08. The Balaban J connectivity index is 2.04. The second kappa shape index (κ2) is 5.69. The van der Waals surface area contributed by atoms with Crippen LogP contribution in [0.2, 0.25) is 0 Å². The van der Waals surface area contributed by atoms with Crippen LogP contribution in [0.5, 0.6) is 0 Å². The lowest BCUT2D eigenvalue weighted by molar-refractivity contribution is -0.118. The summed E-state index contributed by atoms with van der Waals surface area (Å²) in [5, 5.41) is 3.31. The van der Waals surface area contributed by atoms with Crippen LogP contribution < -0.4 is 5.32 Å². The molecule has 1 aliphatic heterocycles. The van der Waals surface area contributed by atoms with Gasteiger partial charge in [0.1, 0.15) is 5.78 Å². The van der Waals surface area contributed by atoms with Gasteiger partial charge in [0.15, 0.2) is 0 Å². The first-order valence-electron chi connectivity index (χ1n) is 6.19. The standard InChI is InChI=1S/C14H19NO/c16-14-8-3-1-2-5-12-6-4-7-13(11-12)15-10-9-14/h4,6-7,11,15H,1-3,5,8-10H2. The Hall–Kier alpha value is -1.31. The molecule has 1 aromatic carbocycles. The molecule has 1 N–H and O–H groups in total. The normalized spacial score (nSPS) is 18.1. The monoisotopic (exact) mass is 217 g/mol. The van der Waals surface area contributed by atoms with E-state index in [0.29, 0.717) is 12.2 Å². The molecule has 16 heavy (non-hydrogen) atoms. The summed E-state index contributed by atoms with van der Waals surface area (Å²) < 4.78 is 0. The van der Waals surface area contributed by atoms with Crippen LogP contribution in [0.25, 0.3) is 0 Å². The summed E-state index contributed by atoms with van der Waals surface area (Å²) in [5.41, 5.74) is 2.54. The molecule has 0 aromatic heterocycles. The van der Waals surface area contributed by atoms with Crippen molar-refractivity contribution in [2.24, 2.45) is 0 Å². The summed E-state index contributed by atoms with van der Waals surface area (Å²) in [7, 11) is 0. The molecule has 0 unspecified atom stereocenters. The minimum Gasteiger partial charge on any atom is -0.385 e. The lowest BCUT2D eigenvalue weighted by atomic mass is 10.0. The van der Waals surface area contributed by atoms with Crippen molar-refractivity contribution in [1.82, 2.24) is 0 Å². The molecule has 0 aliphatic carbocycles. The molecular weight excluding hydrogens is 198 g/mol. The van der Waals surface area contributed by atoms with Gasteiger partial charge in [-0.3, -0.25) is 4.79 Å². The van der Waals surface area contributed by atoms with E-state index >= 15 is 0 Å². The van der Waals surface area contributed by atoms with E-state index in [-0.39, 0.29) is 0 Å². The number of nitrogens with one attached hydrogen (secondary N) is 1. The zero-order valence-electron chi connectivity index (χ0n) is 9.67. The first kappa shape index (κ1) is 11.2. The summed E-state index contributed by atoms with van der Waals surface area (Å²) in [6.45, 7) is 0.766. The van der Waals surface area contributed by atoms with Crippen molar-refractivity contribution in [2.45, 2.75) is 38.5 Å². The molecule has 2 nitrogen and oxygen atoms in total. The number of rotatable bonds is 0. The van der Waals surface area contributed by atoms with E-state index in [9.17, 15) is 4.79 Å². The Morgan fingerprint density at radius 2 is 1.88 bits per heavy atom. The lowest BCUT2D eigenvalue weighted by Gasteiger charge is -2.10. The van der Waals surface area contributed by atoms with Crippen LogP contribution in [0.15, 0.2) is 24.3 Å². The summed E-state index contributed by atoms with van der Waals surface area (Å²) in [6.07, 6.45) is 5.96. The second-order valence-corrected chi connectivity index (χ2v) is 4.48. The molecule has 0 spiro atoms. The third-order valence-electron chi connectivity index (χ3n) is 3.08. The van der Waals surface area contributed by atoms with Gasteiger partial charge in [-0.15, -0.1) is 0 Å². The SMILES string of the molecule is O=C1CCCCCc2cccc(c2)NCC1. The molecule has 0 saturated carbocycles. The maximum Gasteiger partial charge on any atom is 0.134 e. The molecule has 2 bridgehead atoms. The maximum absolute atomic E-state index is 11.5. The molecule has 0 saturated heterocycles. The Morgan fingerprint density at radius 1 is 1.00 bits per heavy atom. The number of carbonyl (C=O) groups excluding carboxylic acids is 1. The summed E-state index contributed by atoms with van der Waals surface area (Å²) >= 11 is 0. The number of anilines is 1. The largest absolute Gasteiger partial charge is 0.385 e. The Bertz CT molecular complexity index is 360. The fraction of sp³-hybridized carbons (Fsp3) is 0.500. The number of hydrogen-bond acceptors (Lipinski definition) is 2. The van der Waals surface area contributed by atoms with E-state index < -0.39 is 0 Å². The average Bonchev–Trinajstić information content (AvgIpc) is 2.28. The third kappa shape index (κ3) is 3.37. The van der Waals surface area contributed by atoms with E-state index in [2.05, 4.69) is 29.6 Å². The van der Waals surface area contributed by atoms with Crippen molar-refractivity contribution in [1.29, 1.82) is 0 Å². The van der Waals surface area contributed by atoms with E-state index in [0.717, 1.165) is 31.5 Å². The van der Waals surface area contributed by atoms with Crippen molar-refractivity contribution in [3.05, 3.63) is 29.8 Å². The van der Waals surface area contributed by atoms with Gasteiger partial charge in [-0.05, 0) is 37.0 Å². The van der Waals surface area contributed by atoms with Crippen molar-refractivity contribution in [3.8, 4) is 0 Å². The highest BCUT2D eigenvalue weighted by atomic mass is 16.1. The topological polar surface area (TPSA) is 29.1 Å². The molecule has 0 fully saturated rings. The van der Waals surface area contributed by atoms with E-state index in [1.807, 2.05) is 0 Å². The van der Waals surface area contributed by atoms with Gasteiger partial charge in [0.05, 0.1) is 0 Å². The van der Waals surface area contributed by atoms with Crippen LogP contribution >= 0.6 is 0 Å². The van der Waals surface area contributed by atoms with Gasteiger partial charge >= 0.3 is 0 Å². The number of ketones is 1. The molecule has 1 aliphatic rings. The predicted molar refractivity (Wildman–Crippen MR) is 66.7 cm³/mol. The number of fused-ring (bicyclic) bond motifs is 2. The highest BCUT2D eigenvalue weighted by molar-refractivity contribution is 5.78. The zero-order chi connectivity index (χ0) is 11.2. The Morgan fingerprint density at radius 3 is 2.81 bits per heavy atom. The molecular formula is C14H19NO. The number of carbonyl (C=O) groups is 1. The second-order valence-electron chi connectivity index (χ2n) is 4.48. The van der Waals surface area contributed by atoms with Gasteiger partial charge < -0.3 is 5.32 Å². The molecule has 0 amide bonds. The van der Waals surface area contributed by atoms with Crippen LogP contribution in [0.3, 0.4) is 0 Å². The van der Waals surface area contributed by atoms with Gasteiger partial charge in [-0.2, -0.15) is 0 Å². The van der Waals surface area contributed by atoms with Gasteiger partial charge in [-0.1, -0.05) is 18.6 Å². The fourth-order valence-electron chi connectivity index (χ4n) is 2.14. The molecule has 1 heterocycles. The van der Waals surface area contributed by atoms with Crippen LogP contribution in [-0.4, -0.2) is 12.3 Å². The molecule has 2 heteroatoms. The minimum atomic E-state index is 0.393. The van der Waals surface area contributed by atoms with E-state index in [4.69, 9.17) is 0 Å². The van der Waals surface area contributed by atoms with Gasteiger partial charge in [0, 0.05) is 25.1 Å². The summed E-state index contributed by atoms with van der Waals surface area (Å²) in [4.78, 5) is 11.5. The van der Waals surface area contributed by atoms with Gasteiger partial charge in [0.25, 0.3) is 0 Å². The van der Waals surface area contributed by atoms with Gasteiger partial charge in [-0.25, -0.2) is 0 Å². The number of aryl methyl sites for hydroxylation is 1. The fourth-order valence-corrected chi connectivity index (χ4v) is 2.14. The van der Waals surface area contributed by atoms with Crippen LogP contribution in [-0.2, 0) is 11.2 Å². The van der Waals surface area contributed by atoms with E-state index in [1.54, 1.807) is 0 Å². The number of benzene rings is 1. The van der Waals surface area contributed by atoms with Crippen molar-refractivity contribution >= 4 is 11.5 Å². The maximum atomic E-state index is 11.5. The van der Waals surface area contributed by atoms with E-state index in [1.165, 1.54) is 18.4 Å². The highest BCUT2D eigenvalue weighted by Crippen LogP contribution is 2.15. The predicted octanol–water partition coefficient (Wildman–Crippen LogP) is 3.17. The summed E-state index contributed by atoms with van der Waals surface area (Å²) in [6, 6.07) is 8.54. The number of Topliss-reactive ketones (excluding diaryl/α,β-unsaturated/α-hetero) is 1. The first-order chi connectivity index (χ1) is 7.84. The highest BCUT2D eigenvalue weighted by Gasteiger charge is 2.04. The van der Waals surface area contributed by atoms with Crippen LogP contribution in [0.1, 0.15) is 37.7 Å². The lowest BCUT2D eigenvalue weighted by Crippen LogP contribution is -2.09. The molecule has 0 radical (unpaired) electrons. The quantitative estimate of drug-likeness (QED) is 0.723. The molecule has 1 aromatic rings. The van der Waals surface area contributed by atoms with Crippen molar-refractivity contribution in [2.75, 3.05) is 11.9 Å². The summed E-state index contributed by atoms with van der Waals surface area (Å²) in [5.74, 6) is 0.393. The zero-order valence-corrected chi connectivity index (χ0v) is 9.67. The molecule has 86 valence electrons. The van der Waals surface area contributed by atoms with Crippen molar-refractivity contribution < 1.29 is 4.79 Å². The molecule has 0 atom stereocenters. The first-order valence-corrected chi connectivity index (χ1v) is 6.19. The van der Waals surface area contributed by atoms with Crippen LogP contribution in [0.4, 0.5) is 5.69 Å². The van der Waals surface area contributed by atoms with Gasteiger partial charge in [0.2, 0.25) is 0 Å². The average molecular weight is 217 g/mol. The smallest absolute Gasteiger partial charge is 0.134 e. The Kier molecular flexibility index (Phi) is 3.97.